The zero-order valence-corrected chi connectivity index (χ0v) is 9.75. The Morgan fingerprint density at radius 2 is 2.44 bits per heavy atom. The predicted octanol–water partition coefficient (Wildman–Crippen LogP) is -0.308. The van der Waals surface area contributed by atoms with E-state index in [9.17, 15) is 14.0 Å². The molecule has 18 heavy (non-hydrogen) atoms. The maximum absolute atomic E-state index is 13.0. The molecule has 2 heterocycles. The van der Waals surface area contributed by atoms with Crippen LogP contribution in [0.25, 0.3) is 0 Å². The summed E-state index contributed by atoms with van der Waals surface area (Å²) in [5.41, 5.74) is 6.46. The molecule has 2 bridgehead atoms. The number of aliphatic carboxylic acids is 1. The smallest absolute Gasteiger partial charge is 0.368 e. The zero-order valence-electron chi connectivity index (χ0n) is 9.75. The van der Waals surface area contributed by atoms with Gasteiger partial charge >= 0.3 is 18.4 Å². The summed E-state index contributed by atoms with van der Waals surface area (Å²) >= 11 is 0. The molecule has 1 fully saturated rings. The van der Waals surface area contributed by atoms with Crippen LogP contribution in [-0.2, 0) is 9.63 Å². The van der Waals surface area contributed by atoms with Gasteiger partial charge in [0.05, 0.1) is 12.1 Å². The standard InChI is InChI=1S/C10H14FN3O4/c1-5-2-6-4-13(7(5)3-12)10(17)14(6)18-8(11)9(15)16/h2,6-8H,3-4,12H2,1H3,(H,15,16)/t6-,7-,8-/m1/s1. The molecule has 1 saturated heterocycles. The Bertz CT molecular complexity index is 414. The van der Waals surface area contributed by atoms with Crippen molar-refractivity contribution in [2.45, 2.75) is 25.4 Å². The molecular formula is C10H14FN3O4. The van der Waals surface area contributed by atoms with E-state index in [1.807, 2.05) is 6.92 Å². The van der Waals surface area contributed by atoms with Crippen LogP contribution < -0.4 is 5.73 Å². The first-order chi connectivity index (χ1) is 8.45. The topological polar surface area (TPSA) is 96.1 Å². The van der Waals surface area contributed by atoms with Crippen LogP contribution in [0, 0.1) is 0 Å². The van der Waals surface area contributed by atoms with Gasteiger partial charge in [0.25, 0.3) is 0 Å². The van der Waals surface area contributed by atoms with Crippen LogP contribution in [0.1, 0.15) is 6.92 Å². The highest BCUT2D eigenvalue weighted by atomic mass is 19.1. The molecule has 3 N–H and O–H groups in total. The molecule has 0 aliphatic carbocycles. The number of urea groups is 1. The molecule has 2 rings (SSSR count). The number of fused-ring (bicyclic) bond motifs is 2. The number of nitrogens with zero attached hydrogens (tertiary/aromatic N) is 2. The lowest BCUT2D eigenvalue weighted by atomic mass is 10.0. The summed E-state index contributed by atoms with van der Waals surface area (Å²) in [4.78, 5) is 28.3. The summed E-state index contributed by atoms with van der Waals surface area (Å²) in [6, 6.07) is -1.28. The Morgan fingerprint density at radius 3 is 3.00 bits per heavy atom. The molecule has 100 valence electrons. The fourth-order valence-corrected chi connectivity index (χ4v) is 2.24. The average Bonchev–Trinajstić information content (AvgIpc) is 2.55. The van der Waals surface area contributed by atoms with Crippen molar-refractivity contribution in [2.24, 2.45) is 5.73 Å². The number of carbonyl (C=O) groups is 2. The lowest BCUT2D eigenvalue weighted by molar-refractivity contribution is -0.219. The zero-order chi connectivity index (χ0) is 13.4. The number of rotatable bonds is 4. The molecule has 0 spiro atoms. The van der Waals surface area contributed by atoms with Crippen LogP contribution >= 0.6 is 0 Å². The van der Waals surface area contributed by atoms with Gasteiger partial charge in [-0.3, -0.25) is 0 Å². The van der Waals surface area contributed by atoms with Crippen molar-refractivity contribution >= 4 is 12.0 Å². The van der Waals surface area contributed by atoms with Gasteiger partial charge in [0.1, 0.15) is 0 Å². The minimum atomic E-state index is -2.56. The highest BCUT2D eigenvalue weighted by Gasteiger charge is 2.45. The van der Waals surface area contributed by atoms with Crippen molar-refractivity contribution in [2.75, 3.05) is 13.1 Å². The van der Waals surface area contributed by atoms with Crippen LogP contribution in [0.15, 0.2) is 11.6 Å². The van der Waals surface area contributed by atoms with Gasteiger partial charge in [0.15, 0.2) is 0 Å². The lowest BCUT2D eigenvalue weighted by Gasteiger charge is -2.28. The van der Waals surface area contributed by atoms with Crippen molar-refractivity contribution in [3.05, 3.63) is 11.6 Å². The van der Waals surface area contributed by atoms with Crippen LogP contribution in [0.4, 0.5) is 9.18 Å². The van der Waals surface area contributed by atoms with Gasteiger partial charge in [0.2, 0.25) is 0 Å². The molecular weight excluding hydrogens is 245 g/mol. The third-order valence-corrected chi connectivity index (χ3v) is 3.10. The molecule has 2 aliphatic rings. The summed E-state index contributed by atoms with van der Waals surface area (Å²) in [6.07, 6.45) is -0.812. The van der Waals surface area contributed by atoms with Crippen LogP contribution in [-0.4, -0.2) is 58.6 Å². The number of nitrogens with two attached hydrogens (primary N) is 1. The molecule has 8 heteroatoms. The summed E-state index contributed by atoms with van der Waals surface area (Å²) in [5, 5.41) is 9.19. The third kappa shape index (κ3) is 1.93. The van der Waals surface area contributed by atoms with Crippen molar-refractivity contribution in [3.63, 3.8) is 0 Å². The number of amides is 2. The number of carbonyl (C=O) groups excluding carboxylic acids is 1. The fourth-order valence-electron chi connectivity index (χ4n) is 2.24. The predicted molar refractivity (Wildman–Crippen MR) is 57.9 cm³/mol. The van der Waals surface area contributed by atoms with E-state index in [0.29, 0.717) is 6.54 Å². The van der Waals surface area contributed by atoms with E-state index in [0.717, 1.165) is 10.6 Å². The van der Waals surface area contributed by atoms with E-state index in [1.54, 1.807) is 6.08 Å². The van der Waals surface area contributed by atoms with Gasteiger partial charge in [-0.25, -0.2) is 18.8 Å². The Balaban J connectivity index is 2.17. The molecule has 0 aromatic carbocycles. The first-order valence-electron chi connectivity index (χ1n) is 5.47. The molecule has 2 aliphatic heterocycles. The minimum absolute atomic E-state index is 0.245. The number of hydrogen-bond acceptors (Lipinski definition) is 4. The monoisotopic (exact) mass is 259 g/mol. The molecule has 2 amide bonds. The highest BCUT2D eigenvalue weighted by molar-refractivity contribution is 5.79. The number of halogens is 1. The van der Waals surface area contributed by atoms with Gasteiger partial charge in [-0.05, 0) is 6.92 Å². The SMILES string of the molecule is CC1=C[C@@H]2CN(C(=O)N2O[C@@H](F)C(=O)O)[C@@H]1CN. The van der Waals surface area contributed by atoms with Crippen LogP contribution in [0.2, 0.25) is 0 Å². The molecule has 3 atom stereocenters. The summed E-state index contributed by atoms with van der Waals surface area (Å²) in [7, 11) is 0. The van der Waals surface area contributed by atoms with E-state index in [1.165, 1.54) is 4.90 Å². The second-order valence-corrected chi connectivity index (χ2v) is 4.25. The maximum Gasteiger partial charge on any atom is 0.368 e. The molecule has 7 nitrogen and oxygen atoms in total. The summed E-state index contributed by atoms with van der Waals surface area (Å²) in [6.45, 7) is 2.40. The molecule has 0 aromatic rings. The van der Waals surface area contributed by atoms with Crippen molar-refractivity contribution in [1.29, 1.82) is 0 Å². The van der Waals surface area contributed by atoms with Crippen molar-refractivity contribution < 1.29 is 23.9 Å². The number of alkyl halides is 1. The maximum atomic E-state index is 13.0. The van der Waals surface area contributed by atoms with E-state index >= 15 is 0 Å². The number of hydroxylamine groups is 2. The molecule has 0 saturated carbocycles. The van der Waals surface area contributed by atoms with Gasteiger partial charge in [0, 0.05) is 13.1 Å². The average molecular weight is 259 g/mol. The van der Waals surface area contributed by atoms with Gasteiger partial charge in [-0.15, -0.1) is 0 Å². The Kier molecular flexibility index (Phi) is 3.22. The second kappa shape index (κ2) is 4.54. The van der Waals surface area contributed by atoms with Crippen molar-refractivity contribution in [3.8, 4) is 0 Å². The molecule has 0 radical (unpaired) electrons. The van der Waals surface area contributed by atoms with E-state index in [-0.39, 0.29) is 12.6 Å². The van der Waals surface area contributed by atoms with Gasteiger partial charge in [-0.2, -0.15) is 5.06 Å². The normalized spacial score (nSPS) is 28.4. The van der Waals surface area contributed by atoms with Crippen molar-refractivity contribution in [1.82, 2.24) is 9.96 Å². The molecule has 0 unspecified atom stereocenters. The first kappa shape index (κ1) is 12.8. The number of hydrogen-bond donors (Lipinski definition) is 2. The Hall–Kier alpha value is -1.67. The first-order valence-corrected chi connectivity index (χ1v) is 5.47. The second-order valence-electron chi connectivity index (χ2n) is 4.25. The largest absolute Gasteiger partial charge is 0.477 e. The Morgan fingerprint density at radius 1 is 1.78 bits per heavy atom. The van der Waals surface area contributed by atoms with E-state index < -0.39 is 24.4 Å². The Labute approximate surface area is 103 Å². The number of carboxylic acids is 1. The van der Waals surface area contributed by atoms with Gasteiger partial charge < -0.3 is 15.7 Å². The summed E-state index contributed by atoms with van der Waals surface area (Å²) < 4.78 is 13.0. The molecule has 0 aromatic heterocycles. The van der Waals surface area contributed by atoms with Crippen LogP contribution in [0.5, 0.6) is 0 Å². The minimum Gasteiger partial charge on any atom is -0.477 e. The third-order valence-electron chi connectivity index (χ3n) is 3.10. The van der Waals surface area contributed by atoms with Gasteiger partial charge in [-0.1, -0.05) is 11.6 Å². The highest BCUT2D eigenvalue weighted by Crippen LogP contribution is 2.29. The lowest BCUT2D eigenvalue weighted by Crippen LogP contribution is -2.44. The number of carboxylic acid groups (broad SMARTS) is 1. The summed E-state index contributed by atoms with van der Waals surface area (Å²) in [5.74, 6) is -1.77. The van der Waals surface area contributed by atoms with E-state index in [4.69, 9.17) is 10.8 Å². The fraction of sp³-hybridized carbons (Fsp3) is 0.600. The quantitative estimate of drug-likeness (QED) is 0.675. The van der Waals surface area contributed by atoms with Crippen LogP contribution in [0.3, 0.4) is 0 Å². The van der Waals surface area contributed by atoms with E-state index in [2.05, 4.69) is 4.84 Å².